The van der Waals surface area contributed by atoms with Crippen molar-refractivity contribution < 1.29 is 15.0 Å². The molecule has 4 rings (SSSR count). The Morgan fingerprint density at radius 3 is 2.60 bits per heavy atom. The van der Waals surface area contributed by atoms with Crippen LogP contribution in [0.25, 0.3) is 0 Å². The summed E-state index contributed by atoms with van der Waals surface area (Å²) in [7, 11) is 0. The number of fused-ring (bicyclic) bond motifs is 5. The minimum Gasteiger partial charge on any atom is -0.393 e. The zero-order valence-corrected chi connectivity index (χ0v) is 15.9. The quantitative estimate of drug-likeness (QED) is 0.592. The van der Waals surface area contributed by atoms with E-state index in [1.54, 1.807) is 0 Å². The van der Waals surface area contributed by atoms with Crippen LogP contribution in [0.15, 0.2) is 11.6 Å². The Bertz CT molecular complexity index is 584. The van der Waals surface area contributed by atoms with Crippen molar-refractivity contribution >= 4 is 6.29 Å². The number of aliphatic hydroxyl groups excluding tert-OH is 2. The Hall–Kier alpha value is -0.670. The van der Waals surface area contributed by atoms with Crippen LogP contribution in [0.5, 0.6) is 0 Å². The smallest absolute Gasteiger partial charge is 0.123 e. The maximum Gasteiger partial charge on any atom is 0.123 e. The van der Waals surface area contributed by atoms with Crippen molar-refractivity contribution in [1.29, 1.82) is 0 Å². The minimum atomic E-state index is -0.381. The molecule has 3 nitrogen and oxygen atoms in total. The number of carbonyl (C=O) groups excluding carboxylic acids is 1. The number of carbonyl (C=O) groups is 1. The van der Waals surface area contributed by atoms with Gasteiger partial charge in [0.25, 0.3) is 0 Å². The number of hydrogen-bond donors (Lipinski definition) is 2. The number of hydrogen-bond acceptors (Lipinski definition) is 3. The van der Waals surface area contributed by atoms with E-state index in [0.29, 0.717) is 23.7 Å². The summed E-state index contributed by atoms with van der Waals surface area (Å²) in [6.07, 6.45) is 9.92. The van der Waals surface area contributed by atoms with Crippen molar-refractivity contribution in [3.05, 3.63) is 11.6 Å². The van der Waals surface area contributed by atoms with Crippen LogP contribution in [-0.4, -0.2) is 28.7 Å². The average Bonchev–Trinajstić information content (AvgIpc) is 2.93. The minimum absolute atomic E-state index is 0.124. The first kappa shape index (κ1) is 17.7. The Balaban J connectivity index is 1.69. The van der Waals surface area contributed by atoms with Gasteiger partial charge < -0.3 is 15.0 Å². The number of aliphatic hydroxyl groups is 2. The fraction of sp³-hybridized carbons (Fsp3) is 0.864. The molecule has 0 heterocycles. The monoisotopic (exact) mass is 346 g/mol. The molecule has 3 heteroatoms. The zero-order valence-electron chi connectivity index (χ0n) is 15.9. The molecule has 0 spiro atoms. The molecule has 0 bridgehead atoms. The Morgan fingerprint density at radius 2 is 1.88 bits per heavy atom. The summed E-state index contributed by atoms with van der Waals surface area (Å²) >= 11 is 0. The van der Waals surface area contributed by atoms with Crippen LogP contribution in [0.3, 0.4) is 0 Å². The van der Waals surface area contributed by atoms with E-state index in [1.165, 1.54) is 12.0 Å². The summed E-state index contributed by atoms with van der Waals surface area (Å²) in [6.45, 7) is 6.86. The second-order valence-electron chi connectivity index (χ2n) is 10.0. The molecule has 9 atom stereocenters. The van der Waals surface area contributed by atoms with Gasteiger partial charge in [-0.25, -0.2) is 0 Å². The van der Waals surface area contributed by atoms with E-state index in [0.717, 1.165) is 44.8 Å². The second kappa shape index (κ2) is 5.92. The zero-order chi connectivity index (χ0) is 18.0. The van der Waals surface area contributed by atoms with Crippen molar-refractivity contribution in [1.82, 2.24) is 0 Å². The summed E-state index contributed by atoms with van der Waals surface area (Å²) in [5.41, 5.74) is 1.65. The first-order valence-corrected chi connectivity index (χ1v) is 10.3. The molecule has 0 aromatic heterocycles. The summed E-state index contributed by atoms with van der Waals surface area (Å²) in [5, 5.41) is 21.2. The highest BCUT2D eigenvalue weighted by Crippen LogP contribution is 2.66. The summed E-state index contributed by atoms with van der Waals surface area (Å²) < 4.78 is 0. The van der Waals surface area contributed by atoms with Gasteiger partial charge in [0, 0.05) is 5.92 Å². The lowest BCUT2D eigenvalue weighted by atomic mass is 9.46. The van der Waals surface area contributed by atoms with Gasteiger partial charge in [-0.1, -0.05) is 32.4 Å². The number of aldehydes is 1. The van der Waals surface area contributed by atoms with Gasteiger partial charge in [0.1, 0.15) is 6.29 Å². The summed E-state index contributed by atoms with van der Waals surface area (Å²) in [4.78, 5) is 11.4. The van der Waals surface area contributed by atoms with E-state index >= 15 is 0 Å². The van der Waals surface area contributed by atoms with E-state index < -0.39 is 0 Å². The third-order valence-corrected chi connectivity index (χ3v) is 9.03. The van der Waals surface area contributed by atoms with Crippen LogP contribution in [0.2, 0.25) is 0 Å². The van der Waals surface area contributed by atoms with Crippen LogP contribution in [-0.2, 0) is 4.79 Å². The van der Waals surface area contributed by atoms with Gasteiger partial charge >= 0.3 is 0 Å². The van der Waals surface area contributed by atoms with Crippen LogP contribution >= 0.6 is 0 Å². The average molecular weight is 347 g/mol. The molecule has 0 saturated heterocycles. The van der Waals surface area contributed by atoms with E-state index in [4.69, 9.17) is 0 Å². The third-order valence-electron chi connectivity index (χ3n) is 9.03. The molecule has 3 fully saturated rings. The molecule has 1 unspecified atom stereocenters. The maximum absolute atomic E-state index is 11.4. The molecule has 0 aliphatic heterocycles. The molecule has 3 saturated carbocycles. The van der Waals surface area contributed by atoms with Gasteiger partial charge in [-0.05, 0) is 79.4 Å². The highest BCUT2D eigenvalue weighted by Gasteiger charge is 2.61. The van der Waals surface area contributed by atoms with E-state index in [9.17, 15) is 15.0 Å². The maximum atomic E-state index is 11.4. The molecule has 2 N–H and O–H groups in total. The SMILES string of the molecule is CC(C=O)[C@H]1CC[C@H]2[C@@H]3[C@H](O)C=C4C[C@@H](O)CC[C@]4(C)[C@H]3CC[C@]12C. The molecule has 0 aromatic rings. The fourth-order valence-corrected chi connectivity index (χ4v) is 7.63. The van der Waals surface area contributed by atoms with Crippen molar-refractivity contribution in [3.63, 3.8) is 0 Å². The first-order chi connectivity index (χ1) is 11.8. The predicted molar refractivity (Wildman–Crippen MR) is 97.8 cm³/mol. The molecular weight excluding hydrogens is 312 g/mol. The molecule has 0 radical (unpaired) electrons. The molecule has 4 aliphatic rings. The lowest BCUT2D eigenvalue weighted by Crippen LogP contribution is -2.55. The molecule has 0 amide bonds. The van der Waals surface area contributed by atoms with Gasteiger partial charge in [0.05, 0.1) is 12.2 Å². The summed E-state index contributed by atoms with van der Waals surface area (Å²) in [6, 6.07) is 0. The van der Waals surface area contributed by atoms with Crippen molar-refractivity contribution in [2.75, 3.05) is 0 Å². The van der Waals surface area contributed by atoms with E-state index in [-0.39, 0.29) is 29.0 Å². The van der Waals surface area contributed by atoms with E-state index in [2.05, 4.69) is 26.8 Å². The van der Waals surface area contributed by atoms with Gasteiger partial charge in [-0.15, -0.1) is 0 Å². The van der Waals surface area contributed by atoms with Crippen LogP contribution in [0, 0.1) is 40.4 Å². The summed E-state index contributed by atoms with van der Waals surface area (Å²) in [5.74, 6) is 1.97. The van der Waals surface area contributed by atoms with Crippen LogP contribution in [0.4, 0.5) is 0 Å². The van der Waals surface area contributed by atoms with Crippen molar-refractivity contribution in [2.45, 2.75) is 77.9 Å². The van der Waals surface area contributed by atoms with E-state index in [1.807, 2.05) is 0 Å². The highest BCUT2D eigenvalue weighted by atomic mass is 16.3. The third kappa shape index (κ3) is 2.41. The molecule has 4 aliphatic carbocycles. The largest absolute Gasteiger partial charge is 0.393 e. The standard InChI is InChI=1S/C22H34O3/c1-13(12-23)16-4-5-17-20-18(7-9-22(16,17)3)21(2)8-6-15(24)10-14(21)11-19(20)25/h11-13,15-20,24-25H,4-10H2,1-3H3/t13?,15-,16+,17-,18-,19+,20-,21-,22+/m0/s1. The van der Waals surface area contributed by atoms with Crippen molar-refractivity contribution in [2.24, 2.45) is 40.4 Å². The first-order valence-electron chi connectivity index (χ1n) is 10.3. The second-order valence-corrected chi connectivity index (χ2v) is 10.0. The molecular formula is C22H34O3. The molecule has 0 aromatic carbocycles. The van der Waals surface area contributed by atoms with Gasteiger partial charge in [-0.2, -0.15) is 0 Å². The van der Waals surface area contributed by atoms with Crippen LogP contribution in [0.1, 0.15) is 65.7 Å². The van der Waals surface area contributed by atoms with Gasteiger partial charge in [0.15, 0.2) is 0 Å². The van der Waals surface area contributed by atoms with Gasteiger partial charge in [0.2, 0.25) is 0 Å². The van der Waals surface area contributed by atoms with Crippen LogP contribution < -0.4 is 0 Å². The Labute approximate surface area is 151 Å². The fourth-order valence-electron chi connectivity index (χ4n) is 7.63. The Kier molecular flexibility index (Phi) is 4.20. The highest BCUT2D eigenvalue weighted by molar-refractivity contribution is 5.53. The lowest BCUT2D eigenvalue weighted by Gasteiger charge is -2.59. The van der Waals surface area contributed by atoms with Crippen molar-refractivity contribution in [3.8, 4) is 0 Å². The topological polar surface area (TPSA) is 57.5 Å². The molecule has 25 heavy (non-hydrogen) atoms. The van der Waals surface area contributed by atoms with Gasteiger partial charge in [-0.3, -0.25) is 0 Å². The lowest BCUT2D eigenvalue weighted by molar-refractivity contribution is -0.118. The normalized spacial score (nSPS) is 53.2. The number of rotatable bonds is 2. The Morgan fingerprint density at radius 1 is 1.12 bits per heavy atom. The molecule has 140 valence electrons. The predicted octanol–water partition coefficient (Wildman–Crippen LogP) is 3.73.